The standard InChI is InChI=1S/C9H10F3NO2S/c1-5-2-3-16-7(5)8(15)13-4-6(14)9(10,11)12/h2-3,6,14H,4H2,1H3,(H,13,15). The molecule has 90 valence electrons. The zero-order valence-electron chi connectivity index (χ0n) is 8.34. The molecule has 7 heteroatoms. The molecule has 2 N–H and O–H groups in total. The van der Waals surface area contributed by atoms with Gasteiger partial charge < -0.3 is 10.4 Å². The molecule has 0 aromatic carbocycles. The molecule has 1 atom stereocenters. The number of rotatable bonds is 3. The number of alkyl halides is 3. The quantitative estimate of drug-likeness (QED) is 0.861. The van der Waals surface area contributed by atoms with Gasteiger partial charge in [-0.25, -0.2) is 0 Å². The summed E-state index contributed by atoms with van der Waals surface area (Å²) < 4.78 is 35.8. The molecule has 1 amide bonds. The Bertz CT molecular complexity index is 375. The van der Waals surface area contributed by atoms with Gasteiger partial charge in [-0.05, 0) is 23.9 Å². The van der Waals surface area contributed by atoms with E-state index in [1.165, 1.54) is 0 Å². The number of carbonyl (C=O) groups is 1. The highest BCUT2D eigenvalue weighted by molar-refractivity contribution is 7.12. The zero-order chi connectivity index (χ0) is 12.3. The van der Waals surface area contributed by atoms with Crippen LogP contribution in [0.15, 0.2) is 11.4 Å². The second-order valence-corrected chi connectivity index (χ2v) is 4.12. The van der Waals surface area contributed by atoms with Gasteiger partial charge in [0.2, 0.25) is 0 Å². The second kappa shape index (κ2) is 4.84. The van der Waals surface area contributed by atoms with E-state index in [1.807, 2.05) is 5.32 Å². The second-order valence-electron chi connectivity index (χ2n) is 3.20. The lowest BCUT2D eigenvalue weighted by atomic mass is 10.2. The van der Waals surface area contributed by atoms with E-state index in [0.29, 0.717) is 10.4 Å². The van der Waals surface area contributed by atoms with E-state index in [-0.39, 0.29) is 0 Å². The SMILES string of the molecule is Cc1ccsc1C(=O)NCC(O)C(F)(F)F. The van der Waals surface area contributed by atoms with Crippen molar-refractivity contribution in [3.05, 3.63) is 21.9 Å². The molecule has 1 aromatic heterocycles. The fourth-order valence-corrected chi connectivity index (χ4v) is 1.83. The van der Waals surface area contributed by atoms with Crippen LogP contribution < -0.4 is 5.32 Å². The van der Waals surface area contributed by atoms with Crippen LogP contribution in [0, 0.1) is 6.92 Å². The maximum atomic E-state index is 11.9. The van der Waals surface area contributed by atoms with Gasteiger partial charge in [0.25, 0.3) is 5.91 Å². The van der Waals surface area contributed by atoms with Crippen LogP contribution in [-0.4, -0.2) is 29.8 Å². The molecular weight excluding hydrogens is 243 g/mol. The minimum atomic E-state index is -4.71. The van der Waals surface area contributed by atoms with E-state index in [9.17, 15) is 18.0 Å². The first kappa shape index (κ1) is 13.0. The van der Waals surface area contributed by atoms with Crippen LogP contribution in [0.3, 0.4) is 0 Å². The lowest BCUT2D eigenvalue weighted by molar-refractivity contribution is -0.201. The van der Waals surface area contributed by atoms with Crippen LogP contribution >= 0.6 is 11.3 Å². The molecule has 1 heterocycles. The Kier molecular flexibility index (Phi) is 3.93. The van der Waals surface area contributed by atoms with E-state index in [4.69, 9.17) is 5.11 Å². The molecule has 0 aliphatic rings. The summed E-state index contributed by atoms with van der Waals surface area (Å²) in [6.07, 6.45) is -7.24. The van der Waals surface area contributed by atoms with Crippen molar-refractivity contribution in [2.45, 2.75) is 19.2 Å². The van der Waals surface area contributed by atoms with Gasteiger partial charge in [0.1, 0.15) is 0 Å². The monoisotopic (exact) mass is 253 g/mol. The van der Waals surface area contributed by atoms with Gasteiger partial charge in [-0.3, -0.25) is 4.79 Å². The normalized spacial score (nSPS) is 13.6. The van der Waals surface area contributed by atoms with Crippen LogP contribution in [0.25, 0.3) is 0 Å². The van der Waals surface area contributed by atoms with E-state index in [1.54, 1.807) is 18.4 Å². The summed E-state index contributed by atoms with van der Waals surface area (Å²) in [5.74, 6) is -0.601. The third kappa shape index (κ3) is 3.21. The fraction of sp³-hybridized carbons (Fsp3) is 0.444. The predicted octanol–water partition coefficient (Wildman–Crippen LogP) is 1.71. The molecule has 0 fully saturated rings. The van der Waals surface area contributed by atoms with Gasteiger partial charge in [-0.2, -0.15) is 13.2 Å². The number of amides is 1. The average molecular weight is 253 g/mol. The van der Waals surface area contributed by atoms with Crippen molar-refractivity contribution in [3.8, 4) is 0 Å². The molecule has 0 spiro atoms. The van der Waals surface area contributed by atoms with Gasteiger partial charge >= 0.3 is 6.18 Å². The molecule has 0 radical (unpaired) electrons. The van der Waals surface area contributed by atoms with E-state index in [0.717, 1.165) is 11.3 Å². The third-order valence-corrected chi connectivity index (χ3v) is 2.92. The van der Waals surface area contributed by atoms with Gasteiger partial charge in [0, 0.05) is 0 Å². The van der Waals surface area contributed by atoms with Crippen LogP contribution in [0.1, 0.15) is 15.2 Å². The summed E-state index contributed by atoms with van der Waals surface area (Å²) in [6, 6.07) is 1.69. The van der Waals surface area contributed by atoms with Crippen molar-refractivity contribution in [1.82, 2.24) is 5.32 Å². The van der Waals surface area contributed by atoms with Crippen LogP contribution in [0.4, 0.5) is 13.2 Å². The molecule has 0 saturated carbocycles. The molecule has 1 unspecified atom stereocenters. The third-order valence-electron chi connectivity index (χ3n) is 1.90. The minimum absolute atomic E-state index is 0.356. The Morgan fingerprint density at radius 2 is 2.25 bits per heavy atom. The Morgan fingerprint density at radius 1 is 1.62 bits per heavy atom. The highest BCUT2D eigenvalue weighted by Gasteiger charge is 2.38. The minimum Gasteiger partial charge on any atom is -0.382 e. The summed E-state index contributed by atoms with van der Waals surface area (Å²) in [5.41, 5.74) is 0.698. The molecule has 1 aromatic rings. The first-order chi connectivity index (χ1) is 7.32. The zero-order valence-corrected chi connectivity index (χ0v) is 9.15. The van der Waals surface area contributed by atoms with Crippen molar-refractivity contribution in [1.29, 1.82) is 0 Å². The summed E-state index contributed by atoms with van der Waals surface area (Å²) in [7, 11) is 0. The predicted molar refractivity (Wildman–Crippen MR) is 53.5 cm³/mol. The highest BCUT2D eigenvalue weighted by Crippen LogP contribution is 2.20. The number of hydrogen-bond acceptors (Lipinski definition) is 3. The maximum Gasteiger partial charge on any atom is 0.416 e. The number of carbonyl (C=O) groups excluding carboxylic acids is 1. The van der Waals surface area contributed by atoms with Crippen molar-refractivity contribution in [3.63, 3.8) is 0 Å². The fourth-order valence-electron chi connectivity index (χ4n) is 0.991. The lowest BCUT2D eigenvalue weighted by Crippen LogP contribution is -2.40. The molecule has 0 bridgehead atoms. The van der Waals surface area contributed by atoms with Gasteiger partial charge in [-0.15, -0.1) is 11.3 Å². The number of thiophene rings is 1. The smallest absolute Gasteiger partial charge is 0.382 e. The molecular formula is C9H10F3NO2S. The maximum absolute atomic E-state index is 11.9. The van der Waals surface area contributed by atoms with Crippen LogP contribution in [-0.2, 0) is 0 Å². The van der Waals surface area contributed by atoms with Gasteiger partial charge in [0.05, 0.1) is 11.4 Å². The number of aliphatic hydroxyl groups excluding tert-OH is 1. The van der Waals surface area contributed by atoms with Crippen molar-refractivity contribution in [2.75, 3.05) is 6.54 Å². The largest absolute Gasteiger partial charge is 0.416 e. The molecule has 3 nitrogen and oxygen atoms in total. The Balaban J connectivity index is 2.52. The number of hydrogen-bond donors (Lipinski definition) is 2. The Morgan fingerprint density at radius 3 is 2.69 bits per heavy atom. The van der Waals surface area contributed by atoms with Crippen molar-refractivity contribution < 1.29 is 23.1 Å². The average Bonchev–Trinajstić information content (AvgIpc) is 2.58. The first-order valence-electron chi connectivity index (χ1n) is 4.39. The molecule has 1 rings (SSSR count). The molecule has 0 saturated heterocycles. The van der Waals surface area contributed by atoms with Crippen LogP contribution in [0.5, 0.6) is 0 Å². The van der Waals surface area contributed by atoms with E-state index >= 15 is 0 Å². The summed E-state index contributed by atoms with van der Waals surface area (Å²) in [5, 5.41) is 12.4. The number of aryl methyl sites for hydroxylation is 1. The van der Waals surface area contributed by atoms with E-state index in [2.05, 4.69) is 0 Å². The van der Waals surface area contributed by atoms with Gasteiger partial charge in [-0.1, -0.05) is 0 Å². The topological polar surface area (TPSA) is 49.3 Å². The number of aliphatic hydroxyl groups is 1. The Hall–Kier alpha value is -1.08. The molecule has 0 aliphatic heterocycles. The van der Waals surface area contributed by atoms with Crippen molar-refractivity contribution >= 4 is 17.2 Å². The summed E-state index contributed by atoms with van der Waals surface area (Å²) >= 11 is 1.14. The summed E-state index contributed by atoms with van der Waals surface area (Å²) in [6.45, 7) is 0.852. The van der Waals surface area contributed by atoms with Gasteiger partial charge in [0.15, 0.2) is 6.10 Å². The number of halogens is 3. The number of nitrogens with one attached hydrogen (secondary N) is 1. The van der Waals surface area contributed by atoms with Crippen LogP contribution in [0.2, 0.25) is 0 Å². The molecule has 16 heavy (non-hydrogen) atoms. The van der Waals surface area contributed by atoms with E-state index < -0.39 is 24.7 Å². The van der Waals surface area contributed by atoms with Crippen molar-refractivity contribution in [2.24, 2.45) is 0 Å². The highest BCUT2D eigenvalue weighted by atomic mass is 32.1. The first-order valence-corrected chi connectivity index (χ1v) is 5.27. The lowest BCUT2D eigenvalue weighted by Gasteiger charge is -2.14. The molecule has 0 aliphatic carbocycles. The summed E-state index contributed by atoms with van der Waals surface area (Å²) in [4.78, 5) is 11.7. The Labute approximate surface area is 93.9 Å².